The maximum atomic E-state index is 14.7. The fourth-order valence-electron chi connectivity index (χ4n) is 4.00. The highest BCUT2D eigenvalue weighted by atomic mass is 32.2. The Balaban J connectivity index is 1.44. The summed E-state index contributed by atoms with van der Waals surface area (Å²) in [5.41, 5.74) is 1.79. The molecule has 2 aliphatic heterocycles. The van der Waals surface area contributed by atoms with Gasteiger partial charge in [0.15, 0.2) is 16.0 Å². The summed E-state index contributed by atoms with van der Waals surface area (Å²) in [5, 5.41) is 0. The van der Waals surface area contributed by atoms with Crippen molar-refractivity contribution in [1.29, 1.82) is 0 Å². The van der Waals surface area contributed by atoms with Crippen LogP contribution in [0.5, 0.6) is 5.88 Å². The summed E-state index contributed by atoms with van der Waals surface area (Å²) < 4.78 is 49.4. The van der Waals surface area contributed by atoms with Crippen molar-refractivity contribution in [2.24, 2.45) is 0 Å². The van der Waals surface area contributed by atoms with Crippen LogP contribution in [0.2, 0.25) is 0 Å². The molecule has 0 saturated carbocycles. The average Bonchev–Trinajstić information content (AvgIpc) is 3.17. The van der Waals surface area contributed by atoms with Gasteiger partial charge in [0.2, 0.25) is 5.88 Å². The van der Waals surface area contributed by atoms with Gasteiger partial charge in [-0.25, -0.2) is 27.6 Å². The van der Waals surface area contributed by atoms with E-state index in [1.807, 2.05) is 4.90 Å². The van der Waals surface area contributed by atoms with E-state index in [4.69, 9.17) is 9.47 Å². The van der Waals surface area contributed by atoms with Crippen molar-refractivity contribution in [3.05, 3.63) is 36.2 Å². The summed E-state index contributed by atoms with van der Waals surface area (Å²) >= 11 is 0. The number of likely N-dealkylation sites (tertiary alicyclic amines) is 1. The Bertz CT molecular complexity index is 1140. The minimum Gasteiger partial charge on any atom is -0.471 e. The lowest BCUT2D eigenvalue weighted by Crippen LogP contribution is -2.49. The average molecular weight is 479 g/mol. The number of aromatic nitrogens is 2. The molecule has 9 nitrogen and oxygen atoms in total. The molecule has 1 aromatic heterocycles. The van der Waals surface area contributed by atoms with E-state index >= 15 is 0 Å². The van der Waals surface area contributed by atoms with Crippen LogP contribution in [-0.2, 0) is 21.0 Å². The highest BCUT2D eigenvalue weighted by molar-refractivity contribution is 7.90. The van der Waals surface area contributed by atoms with Gasteiger partial charge in [0.25, 0.3) is 0 Å². The standard InChI is InChI=1S/C22H27FN4O5S/c1-14(2)31-22(28)26-8-7-19(17(23)12-26)32-21-11-20(24-13-25-21)27-9-6-15-10-16(33(3,29)30)4-5-18(15)27/h4-5,10-11,13-14,17,19H,6-9,12H2,1-3H3. The van der Waals surface area contributed by atoms with Gasteiger partial charge in [0.1, 0.15) is 18.2 Å². The van der Waals surface area contributed by atoms with E-state index in [0.29, 0.717) is 31.7 Å². The Hall–Kier alpha value is -2.95. The molecule has 2 unspecified atom stereocenters. The SMILES string of the molecule is CC(C)OC(=O)N1CCC(Oc2cc(N3CCc4cc(S(C)(=O)=O)ccc43)ncn2)C(F)C1. The fraction of sp³-hybridized carbons (Fsp3) is 0.500. The van der Waals surface area contributed by atoms with E-state index in [2.05, 4.69) is 9.97 Å². The molecule has 1 aromatic carbocycles. The van der Waals surface area contributed by atoms with E-state index in [-0.39, 0.29) is 23.4 Å². The molecule has 11 heteroatoms. The van der Waals surface area contributed by atoms with Crippen molar-refractivity contribution in [2.45, 2.75) is 50.0 Å². The number of alkyl halides is 1. The largest absolute Gasteiger partial charge is 0.471 e. The Morgan fingerprint density at radius 1 is 1.21 bits per heavy atom. The van der Waals surface area contributed by atoms with Gasteiger partial charge in [-0.3, -0.25) is 0 Å². The van der Waals surface area contributed by atoms with Crippen LogP contribution in [0.3, 0.4) is 0 Å². The summed E-state index contributed by atoms with van der Waals surface area (Å²) in [6, 6.07) is 6.68. The van der Waals surface area contributed by atoms with Crippen molar-refractivity contribution < 1.29 is 27.1 Å². The quantitative estimate of drug-likeness (QED) is 0.647. The van der Waals surface area contributed by atoms with Crippen LogP contribution in [0.15, 0.2) is 35.5 Å². The molecule has 1 fully saturated rings. The summed E-state index contributed by atoms with van der Waals surface area (Å²) in [6.45, 7) is 4.35. The van der Waals surface area contributed by atoms with Gasteiger partial charge in [0, 0.05) is 37.5 Å². The molecule has 0 aliphatic carbocycles. The summed E-state index contributed by atoms with van der Waals surface area (Å²) in [4.78, 5) is 24.1. The number of hydrogen-bond acceptors (Lipinski definition) is 8. The smallest absolute Gasteiger partial charge is 0.410 e. The predicted octanol–water partition coefficient (Wildman–Crippen LogP) is 2.91. The van der Waals surface area contributed by atoms with Gasteiger partial charge in [0.05, 0.1) is 17.5 Å². The molecular formula is C22H27FN4O5S. The zero-order chi connectivity index (χ0) is 23.8. The van der Waals surface area contributed by atoms with Crippen LogP contribution in [0.25, 0.3) is 0 Å². The van der Waals surface area contributed by atoms with Crippen molar-refractivity contribution >= 4 is 27.4 Å². The molecule has 1 saturated heterocycles. The van der Waals surface area contributed by atoms with Gasteiger partial charge in [-0.05, 0) is 44.0 Å². The van der Waals surface area contributed by atoms with Crippen LogP contribution in [-0.4, -0.2) is 73.6 Å². The third-order valence-electron chi connectivity index (χ3n) is 5.63. The Labute approximate surface area is 192 Å². The lowest BCUT2D eigenvalue weighted by molar-refractivity contribution is 0.00807. The zero-order valence-electron chi connectivity index (χ0n) is 18.8. The van der Waals surface area contributed by atoms with Crippen molar-refractivity contribution in [3.63, 3.8) is 0 Å². The number of amides is 1. The molecule has 2 aliphatic rings. The monoisotopic (exact) mass is 478 g/mol. The number of carbonyl (C=O) groups is 1. The number of halogens is 1. The van der Waals surface area contributed by atoms with Crippen LogP contribution < -0.4 is 9.64 Å². The van der Waals surface area contributed by atoms with Crippen molar-refractivity contribution in [3.8, 4) is 5.88 Å². The highest BCUT2D eigenvalue weighted by Gasteiger charge is 2.34. The molecule has 33 heavy (non-hydrogen) atoms. The predicted molar refractivity (Wildman–Crippen MR) is 119 cm³/mol. The summed E-state index contributed by atoms with van der Waals surface area (Å²) in [6.07, 6.45) is 0.629. The van der Waals surface area contributed by atoms with Crippen molar-refractivity contribution in [2.75, 3.05) is 30.8 Å². The minimum atomic E-state index is -3.28. The number of rotatable bonds is 5. The first-order chi connectivity index (χ1) is 15.6. The Morgan fingerprint density at radius 2 is 2.00 bits per heavy atom. The minimum absolute atomic E-state index is 0.101. The molecule has 4 rings (SSSR count). The molecule has 0 bridgehead atoms. The van der Waals surface area contributed by atoms with Gasteiger partial charge >= 0.3 is 6.09 Å². The molecule has 3 heterocycles. The van der Waals surface area contributed by atoms with Gasteiger partial charge in [-0.1, -0.05) is 0 Å². The highest BCUT2D eigenvalue weighted by Crippen LogP contribution is 2.35. The first-order valence-electron chi connectivity index (χ1n) is 10.8. The van der Waals surface area contributed by atoms with E-state index in [0.717, 1.165) is 11.3 Å². The number of piperidine rings is 1. The molecule has 1 amide bonds. The van der Waals surface area contributed by atoms with Crippen LogP contribution >= 0.6 is 0 Å². The van der Waals surface area contributed by atoms with E-state index < -0.39 is 28.2 Å². The Kier molecular flexibility index (Phi) is 6.42. The topological polar surface area (TPSA) is 102 Å². The van der Waals surface area contributed by atoms with E-state index in [1.54, 1.807) is 38.1 Å². The first kappa shape index (κ1) is 23.2. The van der Waals surface area contributed by atoms with Crippen molar-refractivity contribution in [1.82, 2.24) is 14.9 Å². The van der Waals surface area contributed by atoms with E-state index in [1.165, 1.54) is 17.5 Å². The van der Waals surface area contributed by atoms with Gasteiger partial charge in [-0.15, -0.1) is 0 Å². The Morgan fingerprint density at radius 3 is 2.70 bits per heavy atom. The third kappa shape index (κ3) is 5.18. The maximum Gasteiger partial charge on any atom is 0.410 e. The second kappa shape index (κ2) is 9.12. The number of hydrogen-bond donors (Lipinski definition) is 0. The second-order valence-electron chi connectivity index (χ2n) is 8.52. The van der Waals surface area contributed by atoms with E-state index in [9.17, 15) is 17.6 Å². The normalized spacial score (nSPS) is 20.6. The molecular weight excluding hydrogens is 451 g/mol. The van der Waals surface area contributed by atoms with Gasteiger partial charge < -0.3 is 19.3 Å². The number of benzene rings is 1. The van der Waals surface area contributed by atoms with Crippen LogP contribution in [0, 0.1) is 0 Å². The fourth-order valence-corrected chi connectivity index (χ4v) is 4.67. The molecule has 0 N–H and O–H groups in total. The number of fused-ring (bicyclic) bond motifs is 1. The molecule has 2 atom stereocenters. The lowest BCUT2D eigenvalue weighted by atomic mass is 10.1. The van der Waals surface area contributed by atoms with Crippen LogP contribution in [0.4, 0.5) is 20.7 Å². The molecule has 0 radical (unpaired) electrons. The zero-order valence-corrected chi connectivity index (χ0v) is 19.6. The third-order valence-corrected chi connectivity index (χ3v) is 6.74. The van der Waals surface area contributed by atoms with Crippen LogP contribution in [0.1, 0.15) is 25.8 Å². The summed E-state index contributed by atoms with van der Waals surface area (Å²) in [5.74, 6) is 0.825. The number of ether oxygens (including phenoxy) is 2. The van der Waals surface area contributed by atoms with Gasteiger partial charge in [-0.2, -0.15) is 0 Å². The lowest BCUT2D eigenvalue weighted by Gasteiger charge is -2.34. The number of anilines is 2. The number of sulfone groups is 1. The first-order valence-corrected chi connectivity index (χ1v) is 12.7. The maximum absolute atomic E-state index is 14.7. The molecule has 0 spiro atoms. The second-order valence-corrected chi connectivity index (χ2v) is 10.5. The summed E-state index contributed by atoms with van der Waals surface area (Å²) in [7, 11) is -3.28. The molecule has 178 valence electrons. The molecule has 2 aromatic rings. The number of nitrogens with zero attached hydrogens (tertiary/aromatic N) is 4. The number of carbonyl (C=O) groups excluding carboxylic acids is 1.